The lowest BCUT2D eigenvalue weighted by Crippen LogP contribution is -2.64. The Hall–Kier alpha value is -15.7. The fourth-order valence-corrected chi connectivity index (χ4v) is 15.7. The number of carbonyl (C=O) groups excluding carboxylic acids is 12. The number of carbonyl (C=O) groups is 12. The number of phosphoric acid groups is 1. The number of hydrogen-bond donors (Lipinski definition) is 0. The quantitative estimate of drug-likeness (QED) is 0.0209. The molecule has 0 bridgehead atoms. The zero-order chi connectivity index (χ0) is 93.3. The Morgan fingerprint density at radius 2 is 0.306 bits per heavy atom. The first-order chi connectivity index (χ1) is 65.3. The van der Waals surface area contributed by atoms with Crippen molar-refractivity contribution < 1.29 is 147 Å². The van der Waals surface area contributed by atoms with Crippen LogP contribution < -0.4 is 0 Å². The van der Waals surface area contributed by atoms with Crippen LogP contribution in [0.15, 0.2) is 364 Å². The topological polar surface area (TPSA) is 388 Å². The van der Waals surface area contributed by atoms with Crippen LogP contribution in [0.3, 0.4) is 0 Å². The maximum atomic E-state index is 18.6. The summed E-state index contributed by atoms with van der Waals surface area (Å²) in [6.45, 7) is -3.29. The first-order valence-electron chi connectivity index (χ1n) is 41.9. The Bertz CT molecular complexity index is 5500. The average Bonchev–Trinajstić information content (AvgIpc) is 0.752. The van der Waals surface area contributed by atoms with Crippen LogP contribution in [0, 0.1) is 0 Å². The molecule has 0 aliphatic carbocycles. The monoisotopic (exact) mass is 1830 g/mol. The summed E-state index contributed by atoms with van der Waals surface area (Å²) in [5.74, 6) is -14.5. The molecule has 0 spiro atoms. The highest BCUT2D eigenvalue weighted by Gasteiger charge is 2.62. The van der Waals surface area contributed by atoms with Gasteiger partial charge in [-0.2, -0.15) is 0 Å². The standard InChI is InChI=1S/C102H81O31P/c103-88(64-37-13-1-14-38-64)116-61-76-79(122-91(106)67-43-19-4-20-44-67)82(125-94(109)70-49-25-7-26-50-70)85(128-97(112)73-55-31-10-32-56-73)100(119-76)131-134(115,132-101-86(129-98(113)74-57-33-11-34-58-74)83(126-95(110)71-51-27-8-28-52-71)80(123-92(107)68-45-21-5-22-46-68)77(120-101)62-117-89(104)65-39-15-2-16-40-65)133-102-87(130-99(114)75-59-35-12-36-60-75)84(127-96(111)72-53-29-9-30-54-72)81(124-93(108)69-47-23-6-24-48-69)78(121-102)63-118-90(105)66-41-17-3-18-42-66/h1-60,76-87,100-102H,61-63H2/t76-,77-,78-,79-,80-,81-,82+,83+,84+,85-,86-,87-,100?,101?,102?,134?/m1/s1. The molecule has 3 heterocycles. The first-order valence-corrected chi connectivity index (χ1v) is 43.4. The summed E-state index contributed by atoms with van der Waals surface area (Å²) in [5.41, 5.74) is -2.07. The molecular weight excluding hydrogens is 1750 g/mol. The summed E-state index contributed by atoms with van der Waals surface area (Å²) < 4.78 is 136. The summed E-state index contributed by atoms with van der Waals surface area (Å²) in [6.07, 6.45) is -36.6. The minimum Gasteiger partial charge on any atom is -0.459 e. The minimum atomic E-state index is -6.88. The van der Waals surface area contributed by atoms with Crippen molar-refractivity contribution in [3.8, 4) is 0 Å². The van der Waals surface area contributed by atoms with Crippen molar-refractivity contribution in [1.29, 1.82) is 0 Å². The van der Waals surface area contributed by atoms with Crippen LogP contribution in [0.4, 0.5) is 0 Å². The maximum absolute atomic E-state index is 18.6. The van der Waals surface area contributed by atoms with Crippen LogP contribution in [-0.2, 0) is 89.2 Å². The SMILES string of the molecule is O=C(OC[C@H]1OC(OP(=O)(OC2O[C@H](COC(=O)c3ccccc3)[C@@H](OC(=O)c3ccccc3)[C@H](OC(=O)c3ccccc3)[C@H]2OC(=O)c2ccccc2)OC2O[C@H](COC(=O)c3ccccc3)[C@@H](OC(=O)c3ccccc3)[C@H](OC(=O)c3ccccc3)[C@H]2OC(=O)c2ccccc2)[C@H](OC(=O)c2ccccc2)[C@@H](OC(=O)c2ccccc2)[C@@H]1OC(=O)c1ccccc1)c1ccccc1. The van der Waals surface area contributed by atoms with Gasteiger partial charge >= 0.3 is 79.5 Å². The molecule has 31 nitrogen and oxygen atoms in total. The van der Waals surface area contributed by atoms with Crippen molar-refractivity contribution in [3.05, 3.63) is 431 Å². The van der Waals surface area contributed by atoms with Crippen LogP contribution in [0.1, 0.15) is 124 Å². The number of ether oxygens (including phenoxy) is 15. The molecule has 3 fully saturated rings. The van der Waals surface area contributed by atoms with E-state index in [1.807, 2.05) is 0 Å². The molecule has 3 aliphatic heterocycles. The second kappa shape index (κ2) is 44.7. The highest BCUT2D eigenvalue weighted by atomic mass is 31.2. The van der Waals surface area contributed by atoms with E-state index in [0.29, 0.717) is 0 Å². The molecule has 0 radical (unpaired) electrons. The molecule has 134 heavy (non-hydrogen) atoms. The number of hydrogen-bond acceptors (Lipinski definition) is 31. The van der Waals surface area contributed by atoms with Crippen molar-refractivity contribution >= 4 is 79.5 Å². The van der Waals surface area contributed by atoms with Crippen LogP contribution in [-0.4, -0.2) is 184 Å². The van der Waals surface area contributed by atoms with Crippen molar-refractivity contribution in [2.75, 3.05) is 19.8 Å². The summed E-state index contributed by atoms with van der Waals surface area (Å²) >= 11 is 0. The van der Waals surface area contributed by atoms with E-state index in [2.05, 4.69) is 0 Å². The summed E-state index contributed by atoms with van der Waals surface area (Å²) in [6, 6.07) is 86.2. The van der Waals surface area contributed by atoms with Gasteiger partial charge in [0.1, 0.15) is 38.1 Å². The maximum Gasteiger partial charge on any atom is 0.482 e. The zero-order valence-electron chi connectivity index (χ0n) is 70.5. The van der Waals surface area contributed by atoms with Crippen molar-refractivity contribution in [2.24, 2.45) is 0 Å². The zero-order valence-corrected chi connectivity index (χ0v) is 71.4. The highest BCUT2D eigenvalue weighted by Crippen LogP contribution is 2.58. The number of esters is 12. The Labute approximate surface area is 765 Å². The molecule has 12 aromatic carbocycles. The van der Waals surface area contributed by atoms with E-state index in [9.17, 15) is 14.4 Å². The van der Waals surface area contributed by atoms with E-state index in [1.165, 1.54) is 291 Å². The fraction of sp³-hybridized carbons (Fsp3) is 0.176. The molecule has 0 N–H and O–H groups in total. The molecule has 0 amide bonds. The van der Waals surface area contributed by atoms with Gasteiger partial charge in [0.2, 0.25) is 18.9 Å². The van der Waals surface area contributed by atoms with Crippen LogP contribution in [0.2, 0.25) is 0 Å². The molecule has 12 aromatic rings. The summed E-state index contributed by atoms with van der Waals surface area (Å²) in [4.78, 5) is 181. The van der Waals surface area contributed by atoms with Crippen molar-refractivity contribution in [2.45, 2.75) is 92.1 Å². The van der Waals surface area contributed by atoms with Crippen LogP contribution in [0.25, 0.3) is 0 Å². The van der Waals surface area contributed by atoms with Crippen LogP contribution in [0.5, 0.6) is 0 Å². The first kappa shape index (κ1) is 93.0. The van der Waals surface area contributed by atoms with Gasteiger partial charge in [0.15, 0.2) is 54.9 Å². The lowest BCUT2D eigenvalue weighted by Gasteiger charge is -2.47. The molecule has 0 saturated carbocycles. The van der Waals surface area contributed by atoms with Gasteiger partial charge < -0.3 is 71.1 Å². The van der Waals surface area contributed by atoms with Crippen molar-refractivity contribution in [1.82, 2.24) is 0 Å². The molecule has 32 heteroatoms. The van der Waals surface area contributed by atoms with Gasteiger partial charge in [-0.3, -0.25) is 13.6 Å². The van der Waals surface area contributed by atoms with E-state index >= 15 is 47.7 Å². The predicted molar refractivity (Wildman–Crippen MR) is 468 cm³/mol. The largest absolute Gasteiger partial charge is 0.482 e. The van der Waals surface area contributed by atoms with E-state index in [-0.39, 0.29) is 66.8 Å². The van der Waals surface area contributed by atoms with Gasteiger partial charge in [0.25, 0.3) is 0 Å². The van der Waals surface area contributed by atoms with Gasteiger partial charge in [-0.05, 0) is 146 Å². The fourth-order valence-electron chi connectivity index (χ4n) is 14.3. The van der Waals surface area contributed by atoms with E-state index < -0.39 is 191 Å². The Kier molecular flexibility index (Phi) is 31.0. The van der Waals surface area contributed by atoms with Crippen LogP contribution >= 0.6 is 7.82 Å². The molecule has 3 aliphatic rings. The second-order valence-corrected chi connectivity index (χ2v) is 31.4. The normalized spacial score (nSPS) is 21.6. The molecule has 0 aromatic heterocycles. The lowest BCUT2D eigenvalue weighted by atomic mass is 9.97. The second-order valence-electron chi connectivity index (χ2n) is 29.9. The number of phosphoric ester groups is 1. The molecule has 680 valence electrons. The average molecular weight is 1830 g/mol. The number of rotatable bonds is 33. The van der Waals surface area contributed by atoms with E-state index in [0.717, 1.165) is 0 Å². The summed E-state index contributed by atoms with van der Waals surface area (Å²) in [7, 11) is -6.88. The minimum absolute atomic E-state index is 0.0668. The van der Waals surface area contributed by atoms with E-state index in [4.69, 9.17) is 84.6 Å². The van der Waals surface area contributed by atoms with Gasteiger partial charge in [-0.15, -0.1) is 0 Å². The third kappa shape index (κ3) is 23.9. The third-order valence-corrected chi connectivity index (χ3v) is 22.3. The Morgan fingerprint density at radius 3 is 0.455 bits per heavy atom. The molecule has 15 rings (SSSR count). The highest BCUT2D eigenvalue weighted by molar-refractivity contribution is 7.48. The lowest BCUT2D eigenvalue weighted by molar-refractivity contribution is -0.308. The number of benzene rings is 12. The van der Waals surface area contributed by atoms with Gasteiger partial charge in [-0.1, -0.05) is 218 Å². The molecule has 3 unspecified atom stereocenters. The van der Waals surface area contributed by atoms with Crippen molar-refractivity contribution in [3.63, 3.8) is 0 Å². The van der Waals surface area contributed by atoms with E-state index in [1.54, 1.807) is 72.8 Å². The smallest absolute Gasteiger partial charge is 0.459 e. The molecule has 15 atom stereocenters. The predicted octanol–water partition coefficient (Wildman–Crippen LogP) is 14.9. The third-order valence-electron chi connectivity index (χ3n) is 20.9. The van der Waals surface area contributed by atoms with Gasteiger partial charge in [-0.25, -0.2) is 62.1 Å². The van der Waals surface area contributed by atoms with Gasteiger partial charge in [0.05, 0.1) is 66.8 Å². The Morgan fingerprint density at radius 1 is 0.179 bits per heavy atom. The summed E-state index contributed by atoms with van der Waals surface area (Å²) in [5, 5.41) is 0. The molecular formula is C102H81O31P. The van der Waals surface area contributed by atoms with Gasteiger partial charge in [0, 0.05) is 0 Å². The molecule has 3 saturated heterocycles. The Balaban J connectivity index is 0.974.